The normalized spacial score (nSPS) is 9.62. The molecule has 2 heterocycles. The molecule has 0 saturated heterocycles. The smallest absolute Gasteiger partial charge is 0.336 e. The van der Waals surface area contributed by atoms with E-state index in [2.05, 4.69) is 19.9 Å². The van der Waals surface area contributed by atoms with Crippen molar-refractivity contribution in [2.75, 3.05) is 0 Å². The number of benzene rings is 2. The first-order valence-corrected chi connectivity index (χ1v) is 8.64. The highest BCUT2D eigenvalue weighted by atomic mass is 16.4. The number of imidazole rings is 2. The average molecular weight is 440 g/mol. The van der Waals surface area contributed by atoms with Gasteiger partial charge in [0.1, 0.15) is 0 Å². The Hall–Kier alpha value is -5.00. The summed E-state index contributed by atoms with van der Waals surface area (Å²) in [5.74, 6) is -5.97. The molecular weight excluding hydrogens is 424 g/mol. The predicted molar refractivity (Wildman–Crippen MR) is 109 cm³/mol. The van der Waals surface area contributed by atoms with Crippen LogP contribution in [0.5, 0.6) is 0 Å². The second-order valence-corrected chi connectivity index (χ2v) is 5.81. The van der Waals surface area contributed by atoms with E-state index in [-0.39, 0.29) is 0 Å². The highest BCUT2D eigenvalue weighted by Crippen LogP contribution is 2.30. The number of rotatable bonds is 4. The van der Waals surface area contributed by atoms with Crippen LogP contribution in [0.1, 0.15) is 41.4 Å². The Morgan fingerprint density at radius 2 is 0.844 bits per heavy atom. The molecule has 0 unspecified atom stereocenters. The van der Waals surface area contributed by atoms with Crippen molar-refractivity contribution in [2.24, 2.45) is 0 Å². The van der Waals surface area contributed by atoms with Gasteiger partial charge in [0.15, 0.2) is 0 Å². The fourth-order valence-corrected chi connectivity index (χ4v) is 2.64. The zero-order valence-electron chi connectivity index (χ0n) is 16.1. The van der Waals surface area contributed by atoms with Crippen molar-refractivity contribution in [3.63, 3.8) is 0 Å². The van der Waals surface area contributed by atoms with Crippen LogP contribution >= 0.6 is 0 Å². The Bertz CT molecular complexity index is 1040. The molecular formula is C20H16N4O8. The number of aromatic carboxylic acids is 4. The molecule has 32 heavy (non-hydrogen) atoms. The standard InChI is InChI=1S/C14H8O8.2C3H4N2/c15-11(16)5-1-2-6(12(17)18)10-8(14(21)22)4-3-7(9(5)10)13(19)20;2*1-2-5-3-4-1/h1-4H,(H,15,16)(H,17,18)(H,19,20)(H,21,22);2*1-3H,(H,4,5). The maximum absolute atomic E-state index is 11.3. The fourth-order valence-electron chi connectivity index (χ4n) is 2.64. The summed E-state index contributed by atoms with van der Waals surface area (Å²) in [6.45, 7) is 0. The van der Waals surface area contributed by atoms with Crippen LogP contribution in [0.15, 0.2) is 61.7 Å². The van der Waals surface area contributed by atoms with E-state index in [1.165, 1.54) is 0 Å². The number of hydrogen-bond donors (Lipinski definition) is 6. The largest absolute Gasteiger partial charge is 0.478 e. The predicted octanol–water partition coefficient (Wildman–Crippen LogP) is 2.45. The molecule has 6 N–H and O–H groups in total. The lowest BCUT2D eigenvalue weighted by atomic mass is 9.91. The number of carbonyl (C=O) groups is 4. The summed E-state index contributed by atoms with van der Waals surface area (Å²) in [7, 11) is 0. The van der Waals surface area contributed by atoms with Crippen molar-refractivity contribution in [1.82, 2.24) is 19.9 Å². The lowest BCUT2D eigenvalue weighted by Crippen LogP contribution is -2.11. The molecule has 12 nitrogen and oxygen atoms in total. The van der Waals surface area contributed by atoms with Gasteiger partial charge in [-0.3, -0.25) is 0 Å². The minimum Gasteiger partial charge on any atom is -0.478 e. The number of hydrogen-bond acceptors (Lipinski definition) is 6. The van der Waals surface area contributed by atoms with Gasteiger partial charge in [-0.25, -0.2) is 29.1 Å². The third kappa shape index (κ3) is 5.54. The van der Waals surface area contributed by atoms with Crippen LogP contribution < -0.4 is 0 Å². The monoisotopic (exact) mass is 440 g/mol. The Balaban J connectivity index is 0.000000294. The number of carboxylic acids is 4. The fraction of sp³-hybridized carbons (Fsp3) is 0. The number of nitrogens with zero attached hydrogens (tertiary/aromatic N) is 2. The Kier molecular flexibility index (Phi) is 7.77. The van der Waals surface area contributed by atoms with Crippen LogP contribution in [0.25, 0.3) is 10.8 Å². The average Bonchev–Trinajstić information content (AvgIpc) is 3.50. The van der Waals surface area contributed by atoms with Gasteiger partial charge in [0, 0.05) is 35.6 Å². The Morgan fingerprint density at radius 3 is 0.969 bits per heavy atom. The first-order valence-electron chi connectivity index (χ1n) is 8.64. The molecule has 0 aliphatic heterocycles. The number of aromatic amines is 2. The molecule has 12 heteroatoms. The zero-order valence-corrected chi connectivity index (χ0v) is 16.1. The number of nitrogens with one attached hydrogen (secondary N) is 2. The van der Waals surface area contributed by atoms with E-state index in [4.69, 9.17) is 20.4 Å². The third-order valence-corrected chi connectivity index (χ3v) is 3.89. The lowest BCUT2D eigenvalue weighted by molar-refractivity contribution is 0.0675. The van der Waals surface area contributed by atoms with E-state index in [0.29, 0.717) is 0 Å². The highest BCUT2D eigenvalue weighted by Gasteiger charge is 2.24. The Labute approximate surface area is 178 Å². The van der Waals surface area contributed by atoms with Gasteiger partial charge in [-0.1, -0.05) is 0 Å². The second kappa shape index (κ2) is 10.7. The van der Waals surface area contributed by atoms with Crippen LogP contribution in [0.2, 0.25) is 0 Å². The molecule has 0 saturated carbocycles. The molecule has 0 radical (unpaired) electrons. The summed E-state index contributed by atoms with van der Waals surface area (Å²) >= 11 is 0. The van der Waals surface area contributed by atoms with Crippen molar-refractivity contribution < 1.29 is 39.6 Å². The van der Waals surface area contributed by atoms with E-state index in [1.54, 1.807) is 37.4 Å². The summed E-state index contributed by atoms with van der Waals surface area (Å²) in [5.41, 5.74) is -1.94. The van der Waals surface area contributed by atoms with E-state index in [9.17, 15) is 19.2 Å². The van der Waals surface area contributed by atoms with Crippen LogP contribution in [-0.2, 0) is 0 Å². The van der Waals surface area contributed by atoms with Crippen LogP contribution in [-0.4, -0.2) is 64.2 Å². The van der Waals surface area contributed by atoms with Crippen LogP contribution in [0.3, 0.4) is 0 Å². The van der Waals surface area contributed by atoms with Gasteiger partial charge in [0.05, 0.1) is 34.9 Å². The van der Waals surface area contributed by atoms with Crippen molar-refractivity contribution in [1.29, 1.82) is 0 Å². The van der Waals surface area contributed by atoms with Gasteiger partial charge in [0.2, 0.25) is 0 Å². The summed E-state index contributed by atoms with van der Waals surface area (Å²) in [6, 6.07) is 3.75. The van der Waals surface area contributed by atoms with Crippen molar-refractivity contribution in [3.05, 3.63) is 84.0 Å². The maximum atomic E-state index is 11.3. The molecule has 2 aromatic heterocycles. The summed E-state index contributed by atoms with van der Waals surface area (Å²) in [5, 5.41) is 35.8. The first kappa shape index (κ1) is 23.3. The van der Waals surface area contributed by atoms with Gasteiger partial charge in [0.25, 0.3) is 0 Å². The molecule has 0 atom stereocenters. The second-order valence-electron chi connectivity index (χ2n) is 5.81. The van der Waals surface area contributed by atoms with E-state index in [1.807, 2.05) is 0 Å². The molecule has 0 spiro atoms. The molecule has 164 valence electrons. The van der Waals surface area contributed by atoms with E-state index in [0.717, 1.165) is 24.3 Å². The molecule has 0 amide bonds. The quantitative estimate of drug-likeness (QED) is 0.273. The first-order chi connectivity index (χ1) is 15.3. The van der Waals surface area contributed by atoms with Crippen molar-refractivity contribution >= 4 is 34.6 Å². The SMILES string of the molecule is O=C(O)c1ccc(C(=O)O)c2c(C(=O)O)ccc(C(=O)O)c12.c1c[nH]cn1.c1c[nH]cn1. The van der Waals surface area contributed by atoms with Gasteiger partial charge < -0.3 is 30.4 Å². The molecule has 2 aromatic carbocycles. The van der Waals surface area contributed by atoms with Crippen LogP contribution in [0, 0.1) is 0 Å². The molecule has 4 rings (SSSR count). The minimum atomic E-state index is -1.49. The van der Waals surface area contributed by atoms with Crippen molar-refractivity contribution in [3.8, 4) is 0 Å². The summed E-state index contributed by atoms with van der Waals surface area (Å²) in [6.07, 6.45) is 10.2. The minimum absolute atomic E-state index is 0.431. The molecule has 0 fully saturated rings. The number of H-pyrrole nitrogens is 2. The molecule has 0 bridgehead atoms. The van der Waals surface area contributed by atoms with Gasteiger partial charge in [-0.2, -0.15) is 0 Å². The molecule has 0 aliphatic rings. The topological polar surface area (TPSA) is 207 Å². The maximum Gasteiger partial charge on any atom is 0.336 e. The summed E-state index contributed by atoms with van der Waals surface area (Å²) in [4.78, 5) is 57.9. The summed E-state index contributed by atoms with van der Waals surface area (Å²) < 4.78 is 0. The van der Waals surface area contributed by atoms with Crippen molar-refractivity contribution in [2.45, 2.75) is 0 Å². The lowest BCUT2D eigenvalue weighted by Gasteiger charge is -2.11. The Morgan fingerprint density at radius 1 is 0.562 bits per heavy atom. The van der Waals surface area contributed by atoms with Gasteiger partial charge in [-0.15, -0.1) is 0 Å². The van der Waals surface area contributed by atoms with Gasteiger partial charge >= 0.3 is 23.9 Å². The van der Waals surface area contributed by atoms with E-state index < -0.39 is 56.9 Å². The molecule has 0 aliphatic carbocycles. The number of fused-ring (bicyclic) bond motifs is 1. The number of aromatic nitrogens is 4. The van der Waals surface area contributed by atoms with E-state index >= 15 is 0 Å². The zero-order chi connectivity index (χ0) is 23.7. The van der Waals surface area contributed by atoms with Crippen LogP contribution in [0.4, 0.5) is 0 Å². The van der Waals surface area contributed by atoms with Gasteiger partial charge in [-0.05, 0) is 24.3 Å². The molecule has 4 aromatic rings. The highest BCUT2D eigenvalue weighted by molar-refractivity contribution is 6.21. The third-order valence-electron chi connectivity index (χ3n) is 3.89. The number of carboxylic acid groups (broad SMARTS) is 4.